The number of hydrogen-bond acceptors (Lipinski definition) is 8. The number of aryl methyl sites for hydroxylation is 2. The Hall–Kier alpha value is -5.05. The van der Waals surface area contributed by atoms with Gasteiger partial charge in [0.25, 0.3) is 0 Å². The highest BCUT2D eigenvalue weighted by Gasteiger charge is 2.18. The largest absolute Gasteiger partial charge is 0.495 e. The fraction of sp³-hybridized carbons (Fsp3) is 0.138. The molecule has 0 saturated heterocycles. The second kappa shape index (κ2) is 9.44. The van der Waals surface area contributed by atoms with Crippen LogP contribution in [0.5, 0.6) is 17.2 Å². The van der Waals surface area contributed by atoms with Crippen molar-refractivity contribution >= 4 is 33.3 Å². The molecule has 4 heterocycles. The molecule has 4 aromatic heterocycles. The molecule has 6 aromatic rings. The van der Waals surface area contributed by atoms with E-state index in [-0.39, 0.29) is 0 Å². The van der Waals surface area contributed by atoms with Crippen LogP contribution in [0.15, 0.2) is 73.1 Å². The molecule has 9 heteroatoms. The Balaban J connectivity index is 1.28. The van der Waals surface area contributed by atoms with E-state index in [1.165, 1.54) is 0 Å². The summed E-state index contributed by atoms with van der Waals surface area (Å²) in [5.74, 6) is 2.61. The zero-order valence-electron chi connectivity index (χ0n) is 21.4. The number of ether oxygens (including phenoxy) is 2. The minimum Gasteiger partial charge on any atom is -0.495 e. The van der Waals surface area contributed by atoms with Gasteiger partial charge in [-0.1, -0.05) is 24.3 Å². The Bertz CT molecular complexity index is 1800. The van der Waals surface area contributed by atoms with Gasteiger partial charge in [0.2, 0.25) is 0 Å². The number of methoxy groups -OCH3 is 1. The van der Waals surface area contributed by atoms with Crippen molar-refractivity contribution in [3.8, 4) is 28.5 Å². The third-order valence-corrected chi connectivity index (χ3v) is 6.53. The fourth-order valence-corrected chi connectivity index (χ4v) is 4.55. The van der Waals surface area contributed by atoms with E-state index >= 15 is 0 Å². The lowest BCUT2D eigenvalue weighted by Crippen LogP contribution is -2.00. The lowest BCUT2D eigenvalue weighted by Gasteiger charge is -2.12. The number of benzene rings is 2. The van der Waals surface area contributed by atoms with Crippen molar-refractivity contribution in [2.45, 2.75) is 13.8 Å². The van der Waals surface area contributed by atoms with E-state index in [2.05, 4.69) is 36.6 Å². The maximum Gasteiger partial charge on any atom is 0.161 e. The van der Waals surface area contributed by atoms with Gasteiger partial charge in [-0.15, -0.1) is 10.2 Å². The van der Waals surface area contributed by atoms with Gasteiger partial charge in [0.05, 0.1) is 24.5 Å². The molecule has 9 nitrogen and oxygen atoms in total. The Labute approximate surface area is 219 Å². The quantitative estimate of drug-likeness (QED) is 0.290. The molecule has 0 aliphatic heterocycles. The molecule has 1 N–H and O–H groups in total. The first-order valence-corrected chi connectivity index (χ1v) is 12.1. The number of hydrogen-bond donors (Lipinski definition) is 1. The molecule has 0 atom stereocenters. The van der Waals surface area contributed by atoms with Crippen LogP contribution in [0.25, 0.3) is 33.1 Å². The maximum atomic E-state index is 6.12. The molecular formula is C29H25N7O2. The summed E-state index contributed by atoms with van der Waals surface area (Å²) in [6.07, 6.45) is 3.34. The summed E-state index contributed by atoms with van der Waals surface area (Å²) in [6, 6.07) is 19.4. The molecule has 0 aliphatic carbocycles. The van der Waals surface area contributed by atoms with Crippen molar-refractivity contribution in [3.05, 3.63) is 84.4 Å². The van der Waals surface area contributed by atoms with Gasteiger partial charge in [0, 0.05) is 53.1 Å². The van der Waals surface area contributed by atoms with Crippen LogP contribution < -0.4 is 14.8 Å². The van der Waals surface area contributed by atoms with Crippen LogP contribution in [-0.2, 0) is 7.05 Å². The molecule has 188 valence electrons. The van der Waals surface area contributed by atoms with Crippen molar-refractivity contribution in [1.29, 1.82) is 0 Å². The normalized spacial score (nSPS) is 11.2. The monoisotopic (exact) mass is 503 g/mol. The molecule has 38 heavy (non-hydrogen) atoms. The summed E-state index contributed by atoms with van der Waals surface area (Å²) in [5.41, 5.74) is 6.05. The molecule has 0 amide bonds. The van der Waals surface area contributed by atoms with Crippen LogP contribution in [0.1, 0.15) is 11.4 Å². The number of nitrogens with zero attached hydrogens (tertiary/aromatic N) is 6. The number of aromatic nitrogens is 6. The molecule has 0 saturated carbocycles. The Kier molecular flexibility index (Phi) is 5.80. The number of anilines is 2. The third-order valence-electron chi connectivity index (χ3n) is 6.53. The second-order valence-electron chi connectivity index (χ2n) is 8.92. The van der Waals surface area contributed by atoms with Crippen molar-refractivity contribution in [2.24, 2.45) is 7.05 Å². The molecule has 0 spiro atoms. The lowest BCUT2D eigenvalue weighted by molar-refractivity contribution is 0.413. The maximum absolute atomic E-state index is 6.12. The van der Waals surface area contributed by atoms with Crippen molar-refractivity contribution in [2.75, 3.05) is 12.4 Å². The fourth-order valence-electron chi connectivity index (χ4n) is 4.55. The predicted octanol–water partition coefficient (Wildman–Crippen LogP) is 6.13. The molecular weight excluding hydrogens is 478 g/mol. The van der Waals surface area contributed by atoms with Gasteiger partial charge in [-0.2, -0.15) is 5.10 Å². The van der Waals surface area contributed by atoms with E-state index in [1.54, 1.807) is 25.6 Å². The first kappa shape index (κ1) is 23.4. The van der Waals surface area contributed by atoms with E-state index in [9.17, 15) is 0 Å². The second-order valence-corrected chi connectivity index (χ2v) is 8.92. The van der Waals surface area contributed by atoms with E-state index in [0.29, 0.717) is 34.1 Å². The van der Waals surface area contributed by atoms with Crippen LogP contribution >= 0.6 is 0 Å². The zero-order chi connectivity index (χ0) is 26.2. The molecule has 0 bridgehead atoms. The van der Waals surface area contributed by atoms with Gasteiger partial charge in [-0.3, -0.25) is 9.67 Å². The minimum atomic E-state index is 0.617. The van der Waals surface area contributed by atoms with E-state index in [1.807, 2.05) is 74.1 Å². The minimum absolute atomic E-state index is 0.617. The standard InChI is InChI=1S/C29H25N7O2/c1-17-26(18(2)36(3)35-17)27-22-7-5-6-8-23(22)29(34-33-27)32-19-9-11-20(12-10-19)38-25-13-14-30-24-15-21(37-4)16-31-28(24)25/h5-16H,1-4H3,(H,32,34). The van der Waals surface area contributed by atoms with E-state index in [0.717, 1.165) is 39.1 Å². The molecule has 2 aromatic carbocycles. The molecule has 6 rings (SSSR count). The summed E-state index contributed by atoms with van der Waals surface area (Å²) < 4.78 is 13.2. The average Bonchev–Trinajstić information content (AvgIpc) is 3.20. The first-order chi connectivity index (χ1) is 18.5. The SMILES string of the molecule is COc1cnc2c(Oc3ccc(Nc4nnc(-c5c(C)nn(C)c5C)c5ccccc45)cc3)ccnc2c1. The van der Waals surface area contributed by atoms with E-state index < -0.39 is 0 Å². The van der Waals surface area contributed by atoms with Crippen LogP contribution in [0.3, 0.4) is 0 Å². The summed E-state index contributed by atoms with van der Waals surface area (Å²) in [5, 5.41) is 19.1. The average molecular weight is 504 g/mol. The Morgan fingerprint density at radius 3 is 2.39 bits per heavy atom. The zero-order valence-corrected chi connectivity index (χ0v) is 21.4. The number of rotatable bonds is 6. The number of pyridine rings is 2. The molecule has 0 radical (unpaired) electrons. The first-order valence-electron chi connectivity index (χ1n) is 12.1. The third kappa shape index (κ3) is 4.13. The Morgan fingerprint density at radius 2 is 1.66 bits per heavy atom. The van der Waals surface area contributed by atoms with Crippen LogP contribution in [-0.4, -0.2) is 37.1 Å². The van der Waals surface area contributed by atoms with Gasteiger partial charge >= 0.3 is 0 Å². The van der Waals surface area contributed by atoms with Gasteiger partial charge in [0.1, 0.15) is 22.7 Å². The smallest absolute Gasteiger partial charge is 0.161 e. The van der Waals surface area contributed by atoms with Crippen LogP contribution in [0.4, 0.5) is 11.5 Å². The van der Waals surface area contributed by atoms with Crippen LogP contribution in [0, 0.1) is 13.8 Å². The molecule has 0 fully saturated rings. The van der Waals surface area contributed by atoms with Gasteiger partial charge in [0.15, 0.2) is 11.6 Å². The summed E-state index contributed by atoms with van der Waals surface area (Å²) >= 11 is 0. The topological polar surface area (TPSA) is 99.9 Å². The highest BCUT2D eigenvalue weighted by Crippen LogP contribution is 2.35. The van der Waals surface area contributed by atoms with Crippen molar-refractivity contribution < 1.29 is 9.47 Å². The summed E-state index contributed by atoms with van der Waals surface area (Å²) in [6.45, 7) is 4.04. The molecule has 0 unspecified atom stereocenters. The summed E-state index contributed by atoms with van der Waals surface area (Å²) in [4.78, 5) is 8.81. The highest BCUT2D eigenvalue weighted by molar-refractivity contribution is 6.01. The number of fused-ring (bicyclic) bond motifs is 2. The summed E-state index contributed by atoms with van der Waals surface area (Å²) in [7, 11) is 3.54. The Morgan fingerprint density at radius 1 is 0.868 bits per heavy atom. The van der Waals surface area contributed by atoms with Crippen molar-refractivity contribution in [1.82, 2.24) is 29.9 Å². The van der Waals surface area contributed by atoms with Gasteiger partial charge < -0.3 is 14.8 Å². The predicted molar refractivity (Wildman–Crippen MR) is 147 cm³/mol. The van der Waals surface area contributed by atoms with Crippen molar-refractivity contribution in [3.63, 3.8) is 0 Å². The van der Waals surface area contributed by atoms with Gasteiger partial charge in [-0.05, 0) is 38.1 Å². The lowest BCUT2D eigenvalue weighted by atomic mass is 10.0. The number of nitrogens with one attached hydrogen (secondary N) is 1. The van der Waals surface area contributed by atoms with Crippen LogP contribution in [0.2, 0.25) is 0 Å². The van der Waals surface area contributed by atoms with Gasteiger partial charge in [-0.25, -0.2) is 4.98 Å². The molecule has 0 aliphatic rings. The highest BCUT2D eigenvalue weighted by atomic mass is 16.5. The van der Waals surface area contributed by atoms with E-state index in [4.69, 9.17) is 9.47 Å².